The molecule has 4 rings (SSSR count). The zero-order valence-corrected chi connectivity index (χ0v) is 13.9. The lowest BCUT2D eigenvalue weighted by Gasteiger charge is -2.02. The molecule has 4 aromatic rings. The summed E-state index contributed by atoms with van der Waals surface area (Å²) in [4.78, 5) is 0. The van der Waals surface area contributed by atoms with Crippen LogP contribution < -0.4 is 17.2 Å². The van der Waals surface area contributed by atoms with Gasteiger partial charge in [-0.05, 0) is 58.3 Å². The number of hydrogen-bond donors (Lipinski definition) is 3. The van der Waals surface area contributed by atoms with E-state index in [2.05, 4.69) is 12.1 Å². The van der Waals surface area contributed by atoms with Crippen molar-refractivity contribution in [2.75, 3.05) is 17.2 Å². The summed E-state index contributed by atoms with van der Waals surface area (Å²) in [6, 6.07) is 29.7. The van der Waals surface area contributed by atoms with Crippen LogP contribution in [0.3, 0.4) is 0 Å². The molecule has 0 aliphatic rings. The number of nitrogen functional groups attached to an aromatic ring is 3. The van der Waals surface area contributed by atoms with E-state index < -0.39 is 0 Å². The Kier molecular flexibility index (Phi) is 4.86. The highest BCUT2D eigenvalue weighted by Crippen LogP contribution is 2.21. The summed E-state index contributed by atoms with van der Waals surface area (Å²) >= 11 is 0. The lowest BCUT2D eigenvalue weighted by molar-refractivity contribution is 1.61. The Morgan fingerprint density at radius 3 is 1.36 bits per heavy atom. The van der Waals surface area contributed by atoms with Gasteiger partial charge in [0.2, 0.25) is 0 Å². The van der Waals surface area contributed by atoms with Crippen molar-refractivity contribution in [2.45, 2.75) is 0 Å². The summed E-state index contributed by atoms with van der Waals surface area (Å²) in [5.74, 6) is 0. The van der Waals surface area contributed by atoms with Crippen molar-refractivity contribution in [2.24, 2.45) is 0 Å². The second-order valence-electron chi connectivity index (χ2n) is 5.85. The maximum absolute atomic E-state index is 5.62. The topological polar surface area (TPSA) is 78.1 Å². The van der Waals surface area contributed by atoms with Gasteiger partial charge < -0.3 is 17.2 Å². The third-order valence-corrected chi connectivity index (χ3v) is 3.93. The molecule has 0 fully saturated rings. The predicted molar refractivity (Wildman–Crippen MR) is 109 cm³/mol. The van der Waals surface area contributed by atoms with Crippen LogP contribution in [-0.4, -0.2) is 0 Å². The molecule has 0 amide bonds. The van der Waals surface area contributed by atoms with Gasteiger partial charge in [-0.3, -0.25) is 0 Å². The molecule has 4 aromatic carbocycles. The van der Waals surface area contributed by atoms with Crippen LogP contribution >= 0.6 is 0 Å². The normalized spacial score (nSPS) is 10.1. The van der Waals surface area contributed by atoms with E-state index in [1.165, 1.54) is 10.8 Å². The zero-order chi connectivity index (χ0) is 17.6. The first-order valence-electron chi connectivity index (χ1n) is 8.07. The van der Waals surface area contributed by atoms with Crippen LogP contribution in [0.25, 0.3) is 21.9 Å². The van der Waals surface area contributed by atoms with Crippen molar-refractivity contribution in [3.8, 4) is 11.1 Å². The summed E-state index contributed by atoms with van der Waals surface area (Å²) in [5.41, 5.74) is 21.5. The molecule has 3 nitrogen and oxygen atoms in total. The lowest BCUT2D eigenvalue weighted by Crippen LogP contribution is -1.85. The maximum atomic E-state index is 5.62. The van der Waals surface area contributed by atoms with Crippen molar-refractivity contribution in [3.05, 3.63) is 91.0 Å². The van der Waals surface area contributed by atoms with Gasteiger partial charge in [-0.15, -0.1) is 0 Å². The van der Waals surface area contributed by atoms with Crippen LogP contribution in [0.1, 0.15) is 0 Å². The van der Waals surface area contributed by atoms with Gasteiger partial charge in [0.1, 0.15) is 0 Å². The Hall–Kier alpha value is -3.46. The largest absolute Gasteiger partial charge is 0.399 e. The van der Waals surface area contributed by atoms with Crippen molar-refractivity contribution in [1.82, 2.24) is 0 Å². The van der Waals surface area contributed by atoms with Crippen molar-refractivity contribution in [1.29, 1.82) is 0 Å². The summed E-state index contributed by atoms with van der Waals surface area (Å²) in [6.07, 6.45) is 0. The van der Waals surface area contributed by atoms with Gasteiger partial charge in [-0.25, -0.2) is 0 Å². The van der Waals surface area contributed by atoms with Crippen LogP contribution in [-0.2, 0) is 0 Å². The second-order valence-corrected chi connectivity index (χ2v) is 5.85. The molecule has 0 atom stereocenters. The fraction of sp³-hybridized carbons (Fsp3) is 0. The molecule has 0 unspecified atom stereocenters. The van der Waals surface area contributed by atoms with E-state index >= 15 is 0 Å². The van der Waals surface area contributed by atoms with E-state index in [1.54, 1.807) is 0 Å². The number of rotatable bonds is 1. The third kappa shape index (κ3) is 4.30. The third-order valence-electron chi connectivity index (χ3n) is 3.93. The molecule has 6 N–H and O–H groups in total. The molecular formula is C22H21N3. The fourth-order valence-electron chi connectivity index (χ4n) is 2.56. The number of benzene rings is 4. The summed E-state index contributed by atoms with van der Waals surface area (Å²) in [5, 5.41) is 2.44. The number of nitrogens with two attached hydrogens (primary N) is 3. The van der Waals surface area contributed by atoms with E-state index in [1.807, 2.05) is 78.9 Å². The van der Waals surface area contributed by atoms with E-state index in [0.717, 1.165) is 28.2 Å². The molecule has 0 bridgehead atoms. The van der Waals surface area contributed by atoms with E-state index in [9.17, 15) is 0 Å². The molecule has 124 valence electrons. The molecule has 3 heteroatoms. The van der Waals surface area contributed by atoms with Crippen LogP contribution in [0.5, 0.6) is 0 Å². The van der Waals surface area contributed by atoms with Crippen molar-refractivity contribution < 1.29 is 0 Å². The molecular weight excluding hydrogens is 306 g/mol. The van der Waals surface area contributed by atoms with Gasteiger partial charge in [0, 0.05) is 17.1 Å². The number of hydrogen-bond acceptors (Lipinski definition) is 3. The molecule has 0 aromatic heterocycles. The predicted octanol–water partition coefficient (Wildman–Crippen LogP) is 4.94. The van der Waals surface area contributed by atoms with Gasteiger partial charge >= 0.3 is 0 Å². The first-order valence-corrected chi connectivity index (χ1v) is 8.07. The maximum Gasteiger partial charge on any atom is 0.0320 e. The average Bonchev–Trinajstić information content (AvgIpc) is 2.64. The highest BCUT2D eigenvalue weighted by atomic mass is 14.5. The minimum Gasteiger partial charge on any atom is -0.399 e. The van der Waals surface area contributed by atoms with E-state index in [4.69, 9.17) is 17.2 Å². The van der Waals surface area contributed by atoms with Crippen molar-refractivity contribution >= 4 is 27.8 Å². The smallest absolute Gasteiger partial charge is 0.0320 e. The van der Waals surface area contributed by atoms with Crippen LogP contribution in [0.4, 0.5) is 17.1 Å². The summed E-state index contributed by atoms with van der Waals surface area (Å²) < 4.78 is 0. The molecule has 0 aliphatic heterocycles. The van der Waals surface area contributed by atoms with E-state index in [-0.39, 0.29) is 0 Å². The first-order chi connectivity index (χ1) is 12.1. The monoisotopic (exact) mass is 327 g/mol. The first kappa shape index (κ1) is 16.4. The quantitative estimate of drug-likeness (QED) is 0.433. The highest BCUT2D eigenvalue weighted by Gasteiger charge is 1.96. The minimum absolute atomic E-state index is 0.782. The van der Waals surface area contributed by atoms with Gasteiger partial charge in [-0.1, -0.05) is 54.6 Å². The van der Waals surface area contributed by atoms with Crippen LogP contribution in [0, 0.1) is 0 Å². The minimum atomic E-state index is 0.782. The van der Waals surface area contributed by atoms with Crippen LogP contribution in [0.15, 0.2) is 91.0 Å². The molecule has 0 radical (unpaired) electrons. The van der Waals surface area contributed by atoms with Gasteiger partial charge in [-0.2, -0.15) is 0 Å². The molecule has 0 saturated carbocycles. The highest BCUT2D eigenvalue weighted by molar-refractivity contribution is 5.85. The molecule has 25 heavy (non-hydrogen) atoms. The Balaban J connectivity index is 0.000000150. The zero-order valence-electron chi connectivity index (χ0n) is 13.9. The summed E-state index contributed by atoms with van der Waals surface area (Å²) in [7, 11) is 0. The second kappa shape index (κ2) is 7.41. The summed E-state index contributed by atoms with van der Waals surface area (Å²) in [6.45, 7) is 0. The molecule has 0 heterocycles. The molecule has 0 saturated heterocycles. The average molecular weight is 327 g/mol. The fourth-order valence-corrected chi connectivity index (χ4v) is 2.56. The Labute approximate surface area is 147 Å². The van der Waals surface area contributed by atoms with Gasteiger partial charge in [0.25, 0.3) is 0 Å². The van der Waals surface area contributed by atoms with Gasteiger partial charge in [0.15, 0.2) is 0 Å². The number of anilines is 3. The Morgan fingerprint density at radius 1 is 0.400 bits per heavy atom. The molecule has 0 aliphatic carbocycles. The van der Waals surface area contributed by atoms with Gasteiger partial charge in [0.05, 0.1) is 0 Å². The lowest BCUT2D eigenvalue weighted by atomic mass is 10.1. The Bertz CT molecular complexity index is 915. The Morgan fingerprint density at radius 2 is 0.840 bits per heavy atom. The SMILES string of the molecule is Nc1ccc(-c2ccc(N)cc2)cc1.Nc1ccc2ccccc2c1. The van der Waals surface area contributed by atoms with E-state index in [0.29, 0.717) is 0 Å². The van der Waals surface area contributed by atoms with Crippen molar-refractivity contribution in [3.63, 3.8) is 0 Å². The number of fused-ring (bicyclic) bond motifs is 1. The van der Waals surface area contributed by atoms with Crippen LogP contribution in [0.2, 0.25) is 0 Å². The molecule has 0 spiro atoms. The standard InChI is InChI=1S/C12H12N2.C10H9N/c13-11-5-1-9(2-6-11)10-3-7-12(14)8-4-10;11-10-6-5-8-3-1-2-4-9(8)7-10/h1-8H,13-14H2;1-7H,11H2.